The molecule has 27 heavy (non-hydrogen) atoms. The first-order chi connectivity index (χ1) is 13.2. The van der Waals surface area contributed by atoms with Crippen LogP contribution in [0.1, 0.15) is 25.3 Å². The molecule has 1 saturated heterocycles. The van der Waals surface area contributed by atoms with Gasteiger partial charge in [0.05, 0.1) is 12.2 Å². The van der Waals surface area contributed by atoms with Gasteiger partial charge in [-0.15, -0.1) is 0 Å². The highest BCUT2D eigenvalue weighted by Gasteiger charge is 2.23. The van der Waals surface area contributed by atoms with Crippen LogP contribution in [-0.4, -0.2) is 57.2 Å². The van der Waals surface area contributed by atoms with Crippen LogP contribution in [0.15, 0.2) is 23.5 Å². The van der Waals surface area contributed by atoms with E-state index >= 15 is 0 Å². The van der Waals surface area contributed by atoms with Crippen LogP contribution in [0.2, 0.25) is 0 Å². The number of ether oxygens (including phenoxy) is 2. The van der Waals surface area contributed by atoms with Gasteiger partial charge in [-0.3, -0.25) is 4.99 Å². The van der Waals surface area contributed by atoms with Crippen molar-refractivity contribution in [2.45, 2.75) is 25.9 Å². The molecule has 2 aliphatic rings. The van der Waals surface area contributed by atoms with E-state index in [0.717, 1.165) is 55.6 Å². The van der Waals surface area contributed by atoms with E-state index < -0.39 is 0 Å². The van der Waals surface area contributed by atoms with Crippen molar-refractivity contribution in [1.29, 1.82) is 0 Å². The summed E-state index contributed by atoms with van der Waals surface area (Å²) < 4.78 is 11.5. The molecule has 3 rings (SSSR count). The van der Waals surface area contributed by atoms with Crippen LogP contribution >= 0.6 is 0 Å². The minimum absolute atomic E-state index is 0.0689. The topological polar surface area (TPSA) is 93.8 Å². The molecule has 148 valence electrons. The van der Waals surface area contributed by atoms with Gasteiger partial charge in [-0.05, 0) is 37.3 Å². The number of nitrogens with one attached hydrogen (secondary N) is 2. The second-order valence-electron chi connectivity index (χ2n) is 7.29. The Bertz CT molecular complexity index is 670. The van der Waals surface area contributed by atoms with E-state index in [-0.39, 0.29) is 6.10 Å². The van der Waals surface area contributed by atoms with Gasteiger partial charge in [0.1, 0.15) is 6.10 Å². The maximum Gasteiger partial charge on any atom is 0.237 e. The van der Waals surface area contributed by atoms with Crippen LogP contribution < -0.4 is 21.1 Å². The zero-order valence-electron chi connectivity index (χ0n) is 16.3. The van der Waals surface area contributed by atoms with E-state index in [9.17, 15) is 0 Å². The maximum atomic E-state index is 6.05. The molecule has 7 nitrogen and oxygen atoms in total. The number of aliphatic imine (C=N–C) groups is 1. The van der Waals surface area contributed by atoms with Gasteiger partial charge >= 0.3 is 0 Å². The van der Waals surface area contributed by atoms with Crippen molar-refractivity contribution in [3.8, 4) is 5.88 Å². The minimum atomic E-state index is 0.0689. The van der Waals surface area contributed by atoms with Crippen molar-refractivity contribution < 1.29 is 9.47 Å². The Kier molecular flexibility index (Phi) is 7.06. The molecule has 2 aliphatic heterocycles. The van der Waals surface area contributed by atoms with Gasteiger partial charge in [-0.1, -0.05) is 6.92 Å². The van der Waals surface area contributed by atoms with Gasteiger partial charge in [0, 0.05) is 56.6 Å². The van der Waals surface area contributed by atoms with Gasteiger partial charge < -0.3 is 25.8 Å². The largest absolute Gasteiger partial charge is 0.470 e. The molecule has 0 radical (unpaired) electrons. The number of nitrogens with two attached hydrogens (primary N) is 1. The summed E-state index contributed by atoms with van der Waals surface area (Å²) in [5.74, 6) is 2.05. The molecule has 1 aromatic heterocycles. The third-order valence-corrected chi connectivity index (χ3v) is 5.34. The minimum Gasteiger partial charge on any atom is -0.470 e. The van der Waals surface area contributed by atoms with Gasteiger partial charge in [0.15, 0.2) is 0 Å². The lowest BCUT2D eigenvalue weighted by atomic mass is 9.87. The van der Waals surface area contributed by atoms with Gasteiger partial charge in [0.2, 0.25) is 5.88 Å². The Hall–Kier alpha value is -2.12. The average Bonchev–Trinajstić information content (AvgIpc) is 2.72. The molecule has 2 unspecified atom stereocenters. The van der Waals surface area contributed by atoms with E-state index in [1.807, 2.05) is 6.07 Å². The molecule has 7 heteroatoms. The summed E-state index contributed by atoms with van der Waals surface area (Å²) in [7, 11) is 1.72. The van der Waals surface area contributed by atoms with Crippen LogP contribution in [-0.2, 0) is 4.74 Å². The summed E-state index contributed by atoms with van der Waals surface area (Å²) >= 11 is 0. The summed E-state index contributed by atoms with van der Waals surface area (Å²) in [5.41, 5.74) is 8.32. The van der Waals surface area contributed by atoms with Crippen molar-refractivity contribution in [3.63, 3.8) is 0 Å². The Balaban J connectivity index is 1.49. The predicted molar refractivity (Wildman–Crippen MR) is 109 cm³/mol. The number of hydrogen-bond acceptors (Lipinski definition) is 7. The Morgan fingerprint density at radius 1 is 1.48 bits per heavy atom. The fraction of sp³-hybridized carbons (Fsp3) is 0.600. The van der Waals surface area contributed by atoms with Crippen LogP contribution in [0.5, 0.6) is 5.88 Å². The molecular weight excluding hydrogens is 342 g/mol. The van der Waals surface area contributed by atoms with E-state index in [0.29, 0.717) is 11.8 Å². The van der Waals surface area contributed by atoms with E-state index in [1.54, 1.807) is 19.5 Å². The Morgan fingerprint density at radius 2 is 2.30 bits per heavy atom. The van der Waals surface area contributed by atoms with Crippen molar-refractivity contribution in [2.24, 2.45) is 22.6 Å². The molecule has 2 atom stereocenters. The molecule has 0 amide bonds. The molecule has 1 fully saturated rings. The monoisotopic (exact) mass is 373 g/mol. The molecule has 4 N–H and O–H groups in total. The molecule has 0 aromatic carbocycles. The number of allylic oxidation sites excluding steroid dienone is 1. The standard InChI is InChI=1S/C20H31N5O2/c1-14(15-3-5-26-6-4-15)9-23-12-18-13-24-19-7-16(11-25-20(19)27-18)17(8-21)10-22-2/h7-8,10-11,14-15,18,23-24H,3-6,9,12-13,21H2,1-2H3/b17-8+,22-10?. The molecule has 1 aromatic rings. The maximum absolute atomic E-state index is 6.05. The first-order valence-electron chi connectivity index (χ1n) is 9.74. The summed E-state index contributed by atoms with van der Waals surface area (Å²) in [4.78, 5) is 8.47. The zero-order chi connectivity index (χ0) is 19.1. The molecular formula is C20H31N5O2. The van der Waals surface area contributed by atoms with Crippen molar-refractivity contribution in [3.05, 3.63) is 24.0 Å². The fourth-order valence-corrected chi connectivity index (χ4v) is 3.64. The molecule has 0 aliphatic carbocycles. The quantitative estimate of drug-likeness (QED) is 0.632. The number of pyridine rings is 1. The SMILES string of the molecule is CN=C/C(=C\N)c1cnc2c(c1)NCC(CNCC(C)C1CCOCC1)O2. The van der Waals surface area contributed by atoms with Crippen LogP contribution in [0, 0.1) is 11.8 Å². The number of hydrogen-bond donors (Lipinski definition) is 3. The smallest absolute Gasteiger partial charge is 0.237 e. The van der Waals surface area contributed by atoms with Crippen molar-refractivity contribution in [1.82, 2.24) is 10.3 Å². The van der Waals surface area contributed by atoms with Crippen LogP contribution in [0.25, 0.3) is 5.57 Å². The first-order valence-corrected chi connectivity index (χ1v) is 9.74. The van der Waals surface area contributed by atoms with E-state index in [1.165, 1.54) is 19.0 Å². The highest BCUT2D eigenvalue weighted by atomic mass is 16.5. The molecule has 3 heterocycles. The lowest BCUT2D eigenvalue weighted by molar-refractivity contribution is 0.0490. The Labute approximate surface area is 161 Å². The van der Waals surface area contributed by atoms with Gasteiger partial charge in [-0.2, -0.15) is 0 Å². The predicted octanol–water partition coefficient (Wildman–Crippen LogP) is 1.91. The van der Waals surface area contributed by atoms with Gasteiger partial charge in [-0.25, -0.2) is 4.98 Å². The Morgan fingerprint density at radius 3 is 3.04 bits per heavy atom. The molecule has 0 bridgehead atoms. The van der Waals surface area contributed by atoms with E-state index in [4.69, 9.17) is 15.2 Å². The lowest BCUT2D eigenvalue weighted by Crippen LogP contribution is -2.41. The summed E-state index contributed by atoms with van der Waals surface area (Å²) in [6.07, 6.45) is 7.44. The summed E-state index contributed by atoms with van der Waals surface area (Å²) in [6.45, 7) is 6.69. The number of fused-ring (bicyclic) bond motifs is 1. The first kappa shape index (κ1) is 19.6. The van der Waals surface area contributed by atoms with Gasteiger partial charge in [0.25, 0.3) is 0 Å². The van der Waals surface area contributed by atoms with Crippen molar-refractivity contribution in [2.75, 3.05) is 45.2 Å². The van der Waals surface area contributed by atoms with Crippen molar-refractivity contribution >= 4 is 17.5 Å². The zero-order valence-corrected chi connectivity index (χ0v) is 16.3. The third-order valence-electron chi connectivity index (χ3n) is 5.34. The lowest BCUT2D eigenvalue weighted by Gasteiger charge is -2.30. The molecule has 0 saturated carbocycles. The second kappa shape index (κ2) is 9.71. The van der Waals surface area contributed by atoms with E-state index in [2.05, 4.69) is 27.5 Å². The highest BCUT2D eigenvalue weighted by Crippen LogP contribution is 2.29. The number of aromatic nitrogens is 1. The third kappa shape index (κ3) is 5.20. The fourth-order valence-electron chi connectivity index (χ4n) is 3.64. The summed E-state index contributed by atoms with van der Waals surface area (Å²) in [5, 5.41) is 6.98. The number of rotatable bonds is 7. The number of anilines is 1. The highest BCUT2D eigenvalue weighted by molar-refractivity contribution is 6.09. The van der Waals surface area contributed by atoms with Crippen LogP contribution in [0.3, 0.4) is 0 Å². The normalized spacial score (nSPS) is 22.1. The van der Waals surface area contributed by atoms with Crippen LogP contribution in [0.4, 0.5) is 5.69 Å². The average molecular weight is 374 g/mol. The summed E-state index contributed by atoms with van der Waals surface area (Å²) in [6, 6.07) is 2.00. The number of nitrogens with zero attached hydrogens (tertiary/aromatic N) is 2. The second-order valence-corrected chi connectivity index (χ2v) is 7.29. The molecule has 0 spiro atoms.